The lowest BCUT2D eigenvalue weighted by Crippen LogP contribution is -2.59. The molecule has 2 aromatic heterocycles. The third-order valence-electron chi connectivity index (χ3n) is 5.89. The number of benzene rings is 2. The third kappa shape index (κ3) is 4.20. The first-order valence-corrected chi connectivity index (χ1v) is 10.6. The predicted octanol–water partition coefficient (Wildman–Crippen LogP) is 1.20. The Bertz CT molecular complexity index is 1240. The Labute approximate surface area is 187 Å². The molecule has 0 unspecified atom stereocenters. The summed E-state index contributed by atoms with van der Waals surface area (Å²) in [5, 5.41) is 48.7. The van der Waals surface area contributed by atoms with E-state index < -0.39 is 37.3 Å². The fourth-order valence-electron chi connectivity index (χ4n) is 4.07. The van der Waals surface area contributed by atoms with E-state index in [0.717, 1.165) is 28.6 Å². The van der Waals surface area contributed by atoms with E-state index in [1.54, 1.807) is 18.4 Å². The van der Waals surface area contributed by atoms with Gasteiger partial charge in [-0.05, 0) is 48.7 Å². The Balaban J connectivity index is 1.32. The third-order valence-corrected chi connectivity index (χ3v) is 5.89. The van der Waals surface area contributed by atoms with Crippen molar-refractivity contribution in [1.29, 1.82) is 0 Å². The summed E-state index contributed by atoms with van der Waals surface area (Å²) in [7, 11) is 0. The number of furan rings is 1. The van der Waals surface area contributed by atoms with Crippen molar-refractivity contribution in [3.05, 3.63) is 60.0 Å². The molecule has 10 nitrogen and oxygen atoms in total. The van der Waals surface area contributed by atoms with Crippen LogP contribution in [0.1, 0.15) is 11.3 Å². The van der Waals surface area contributed by atoms with Gasteiger partial charge in [-0.1, -0.05) is 12.1 Å². The van der Waals surface area contributed by atoms with Crippen molar-refractivity contribution >= 4 is 21.9 Å². The number of nitrogens with zero attached hydrogens (tertiary/aromatic N) is 1. The van der Waals surface area contributed by atoms with Crippen molar-refractivity contribution in [3.8, 4) is 5.75 Å². The van der Waals surface area contributed by atoms with Crippen molar-refractivity contribution in [2.24, 2.45) is 0 Å². The second-order valence-corrected chi connectivity index (χ2v) is 8.02. The van der Waals surface area contributed by atoms with Crippen molar-refractivity contribution in [2.45, 2.75) is 43.5 Å². The van der Waals surface area contributed by atoms with Gasteiger partial charge in [-0.2, -0.15) is 9.99 Å². The number of hydrogen-bond donors (Lipinski definition) is 5. The minimum absolute atomic E-state index is 0.333. The van der Waals surface area contributed by atoms with Crippen molar-refractivity contribution in [3.63, 3.8) is 0 Å². The number of aryl methyl sites for hydroxylation is 2. The molecule has 0 aliphatic carbocycles. The van der Waals surface area contributed by atoms with E-state index in [1.165, 1.54) is 0 Å². The maximum atomic E-state index is 10.3. The molecular formula is C23H24N2O8. The zero-order valence-corrected chi connectivity index (χ0v) is 17.5. The van der Waals surface area contributed by atoms with Crippen molar-refractivity contribution in [2.75, 3.05) is 6.61 Å². The van der Waals surface area contributed by atoms with E-state index >= 15 is 0 Å². The largest absolute Gasteiger partial charge is 0.464 e. The van der Waals surface area contributed by atoms with Crippen molar-refractivity contribution < 1.29 is 39.4 Å². The lowest BCUT2D eigenvalue weighted by Gasteiger charge is -2.38. The lowest BCUT2D eigenvalue weighted by molar-refractivity contribution is -0.364. The van der Waals surface area contributed by atoms with E-state index in [0.29, 0.717) is 23.1 Å². The molecule has 0 bridgehead atoms. The van der Waals surface area contributed by atoms with Crippen LogP contribution in [0.2, 0.25) is 0 Å². The normalized spacial score (nSPS) is 25.6. The minimum atomic E-state index is -1.60. The van der Waals surface area contributed by atoms with Crippen LogP contribution in [-0.4, -0.2) is 67.9 Å². The summed E-state index contributed by atoms with van der Waals surface area (Å²) in [5.41, 5.74) is 3.47. The van der Waals surface area contributed by atoms with Gasteiger partial charge in [0.25, 0.3) is 0 Å². The Morgan fingerprint density at radius 2 is 1.91 bits per heavy atom. The predicted molar refractivity (Wildman–Crippen MR) is 115 cm³/mol. The molecule has 174 valence electrons. The van der Waals surface area contributed by atoms with Crippen LogP contribution in [0.5, 0.6) is 5.75 Å². The number of aromatic nitrogens is 2. The standard InChI is InChI=1S/C23H24N2O8/c26-11-18-20(27)21(28)22(23(29)31-18)33-32-17-3-1-2-14-19(17)15(25-24-14)6-4-12-5-7-16-13(10-12)8-9-30-16/h1-3,5,7-10,18,20-23,26-29H,4,6,11H2,(H,24,25)/t18-,20-,21+,22-,23-/m1/s1. The van der Waals surface area contributed by atoms with Crippen LogP contribution < -0.4 is 4.89 Å². The molecule has 5 atom stereocenters. The molecule has 3 heterocycles. The highest BCUT2D eigenvalue weighted by molar-refractivity contribution is 5.87. The average molecular weight is 456 g/mol. The molecule has 0 radical (unpaired) electrons. The van der Waals surface area contributed by atoms with Crippen LogP contribution in [0.25, 0.3) is 21.9 Å². The minimum Gasteiger partial charge on any atom is -0.464 e. The number of aliphatic hydroxyl groups excluding tert-OH is 4. The smallest absolute Gasteiger partial charge is 0.188 e. The highest BCUT2D eigenvalue weighted by Gasteiger charge is 2.45. The number of nitrogens with one attached hydrogen (secondary N) is 1. The zero-order valence-electron chi connectivity index (χ0n) is 17.5. The van der Waals surface area contributed by atoms with Gasteiger partial charge in [0.05, 0.1) is 23.8 Å². The topological polar surface area (TPSA) is 150 Å². The zero-order chi connectivity index (χ0) is 22.9. The van der Waals surface area contributed by atoms with Crippen LogP contribution in [-0.2, 0) is 22.5 Å². The Morgan fingerprint density at radius 1 is 1.03 bits per heavy atom. The van der Waals surface area contributed by atoms with E-state index in [4.69, 9.17) is 18.9 Å². The maximum Gasteiger partial charge on any atom is 0.188 e. The number of fused-ring (bicyclic) bond motifs is 2. The monoisotopic (exact) mass is 456 g/mol. The SMILES string of the molecule is OC[C@H]1O[C@@H](O)[C@H](OOc2cccc3n[nH]c(CCc4ccc5occc5c4)c23)[C@@H](O)[C@@H]1O. The van der Waals surface area contributed by atoms with Crippen LogP contribution in [0, 0.1) is 0 Å². The molecule has 5 rings (SSSR count). The Morgan fingerprint density at radius 3 is 2.76 bits per heavy atom. The van der Waals surface area contributed by atoms with E-state index in [2.05, 4.69) is 16.3 Å². The number of rotatable bonds is 7. The van der Waals surface area contributed by atoms with Crippen LogP contribution in [0.4, 0.5) is 0 Å². The second-order valence-electron chi connectivity index (χ2n) is 8.02. The van der Waals surface area contributed by atoms with Crippen LogP contribution in [0.3, 0.4) is 0 Å². The van der Waals surface area contributed by atoms with E-state index in [9.17, 15) is 20.4 Å². The number of aromatic amines is 1. The first-order valence-electron chi connectivity index (χ1n) is 10.6. The average Bonchev–Trinajstić information content (AvgIpc) is 3.46. The van der Waals surface area contributed by atoms with Crippen LogP contribution in [0.15, 0.2) is 53.1 Å². The maximum absolute atomic E-state index is 10.3. The summed E-state index contributed by atoms with van der Waals surface area (Å²) in [4.78, 5) is 10.7. The highest BCUT2D eigenvalue weighted by Crippen LogP contribution is 2.30. The molecule has 33 heavy (non-hydrogen) atoms. The van der Waals surface area contributed by atoms with Gasteiger partial charge in [-0.3, -0.25) is 5.10 Å². The lowest BCUT2D eigenvalue weighted by atomic mass is 9.99. The molecule has 4 aromatic rings. The van der Waals surface area contributed by atoms with E-state index in [1.807, 2.05) is 24.3 Å². The molecule has 2 aromatic carbocycles. The van der Waals surface area contributed by atoms with Gasteiger partial charge in [-0.15, -0.1) is 0 Å². The fraction of sp³-hybridized carbons (Fsp3) is 0.348. The molecule has 0 amide bonds. The summed E-state index contributed by atoms with van der Waals surface area (Å²) in [6.45, 7) is -0.561. The molecule has 1 fully saturated rings. The number of hydrogen-bond acceptors (Lipinski definition) is 9. The Hall–Kier alpha value is -2.99. The molecule has 0 saturated carbocycles. The molecule has 0 spiro atoms. The number of aliphatic hydroxyl groups is 4. The van der Waals surface area contributed by atoms with Gasteiger partial charge in [0.1, 0.15) is 23.9 Å². The van der Waals surface area contributed by atoms with Gasteiger partial charge in [0.15, 0.2) is 18.1 Å². The summed E-state index contributed by atoms with van der Waals surface area (Å²) < 4.78 is 10.5. The Kier molecular flexibility index (Phi) is 6.02. The quantitative estimate of drug-likeness (QED) is 0.204. The number of H-pyrrole nitrogens is 1. The summed E-state index contributed by atoms with van der Waals surface area (Å²) in [5.74, 6) is 0.333. The van der Waals surface area contributed by atoms with Crippen LogP contribution >= 0.6 is 0 Å². The molecule has 1 saturated heterocycles. The number of ether oxygens (including phenoxy) is 1. The van der Waals surface area contributed by atoms with Gasteiger partial charge >= 0.3 is 0 Å². The molecule has 1 aliphatic rings. The molecular weight excluding hydrogens is 432 g/mol. The second kappa shape index (κ2) is 9.10. The molecule has 10 heteroatoms. The van der Waals surface area contributed by atoms with Gasteiger partial charge in [0, 0.05) is 11.1 Å². The van der Waals surface area contributed by atoms with E-state index in [-0.39, 0.29) is 0 Å². The summed E-state index contributed by atoms with van der Waals surface area (Å²) in [6, 6.07) is 13.2. The summed E-state index contributed by atoms with van der Waals surface area (Å²) in [6.07, 6.45) is -4.01. The van der Waals surface area contributed by atoms with Crippen molar-refractivity contribution in [1.82, 2.24) is 10.2 Å². The molecule has 1 aliphatic heterocycles. The van der Waals surface area contributed by atoms with Gasteiger partial charge < -0.3 is 34.5 Å². The first-order chi connectivity index (χ1) is 16.0. The molecule has 5 N–H and O–H groups in total. The van der Waals surface area contributed by atoms with Gasteiger partial charge in [0.2, 0.25) is 0 Å². The van der Waals surface area contributed by atoms with Gasteiger partial charge in [-0.25, -0.2) is 0 Å². The fourth-order valence-corrected chi connectivity index (χ4v) is 4.07. The highest BCUT2D eigenvalue weighted by atomic mass is 17.2. The first kappa shape index (κ1) is 21.8. The summed E-state index contributed by atoms with van der Waals surface area (Å²) >= 11 is 0.